The van der Waals surface area contributed by atoms with E-state index < -0.39 is 0 Å². The lowest BCUT2D eigenvalue weighted by Crippen LogP contribution is -2.41. The number of hydrogen-bond donors (Lipinski definition) is 2. The Labute approximate surface area is 126 Å². The molecule has 1 unspecified atom stereocenters. The van der Waals surface area contributed by atoms with Crippen LogP contribution < -0.4 is 10.6 Å². The van der Waals surface area contributed by atoms with Crippen molar-refractivity contribution in [3.63, 3.8) is 0 Å². The number of aromatic nitrogens is 2. The molecule has 1 aliphatic rings. The monoisotopic (exact) mass is 291 g/mol. The Morgan fingerprint density at radius 2 is 2.19 bits per heavy atom. The van der Waals surface area contributed by atoms with Crippen molar-refractivity contribution in [2.24, 2.45) is 5.73 Å². The first kappa shape index (κ1) is 15.7. The van der Waals surface area contributed by atoms with E-state index in [1.807, 2.05) is 13.8 Å². The summed E-state index contributed by atoms with van der Waals surface area (Å²) in [5, 5.41) is 16.3. The number of piperidine rings is 1. The van der Waals surface area contributed by atoms with Gasteiger partial charge in [0.2, 0.25) is 0 Å². The largest absolute Gasteiger partial charge is 0.384 e. The summed E-state index contributed by atoms with van der Waals surface area (Å²) in [6, 6.07) is 0. The van der Waals surface area contributed by atoms with E-state index in [0.717, 1.165) is 56.0 Å². The van der Waals surface area contributed by atoms with Crippen LogP contribution in [-0.4, -0.2) is 41.8 Å². The molecule has 1 fully saturated rings. The molecule has 0 aromatic carbocycles. The molecule has 0 radical (unpaired) electrons. The van der Waals surface area contributed by atoms with Crippen LogP contribution in [0.25, 0.3) is 0 Å². The maximum atomic E-state index is 7.85. The van der Waals surface area contributed by atoms with Gasteiger partial charge in [-0.05, 0) is 38.7 Å². The van der Waals surface area contributed by atoms with E-state index in [2.05, 4.69) is 22.0 Å². The average molecular weight is 291 g/mol. The lowest BCUT2D eigenvalue weighted by atomic mass is 10.0. The van der Waals surface area contributed by atoms with Crippen LogP contribution in [0, 0.1) is 19.3 Å². The van der Waals surface area contributed by atoms with Crippen LogP contribution in [0.4, 0.5) is 5.82 Å². The highest BCUT2D eigenvalue weighted by Crippen LogP contribution is 2.25. The third-order valence-electron chi connectivity index (χ3n) is 3.94. The van der Waals surface area contributed by atoms with Crippen LogP contribution in [-0.2, 0) is 4.74 Å². The number of rotatable bonds is 5. The highest BCUT2D eigenvalue weighted by atomic mass is 16.5. The van der Waals surface area contributed by atoms with Gasteiger partial charge in [-0.15, -0.1) is 5.10 Å². The number of anilines is 1. The van der Waals surface area contributed by atoms with E-state index in [9.17, 15) is 0 Å². The summed E-state index contributed by atoms with van der Waals surface area (Å²) < 4.78 is 5.86. The molecule has 0 amide bonds. The van der Waals surface area contributed by atoms with E-state index in [4.69, 9.17) is 15.9 Å². The minimum Gasteiger partial charge on any atom is -0.384 e. The molecule has 1 atom stereocenters. The SMILES string of the molecule is CCCOC1CCCN(c2nnc(C)c(C)c2C(=N)N)C1. The van der Waals surface area contributed by atoms with E-state index >= 15 is 0 Å². The molecule has 6 heteroatoms. The average Bonchev–Trinajstić information content (AvgIpc) is 2.47. The van der Waals surface area contributed by atoms with Crippen molar-refractivity contribution in [3.05, 3.63) is 16.8 Å². The number of nitrogen functional groups attached to an aromatic ring is 1. The maximum absolute atomic E-state index is 7.85. The standard InChI is InChI=1S/C15H25N5O/c1-4-8-21-12-6-5-7-20(9-12)15-13(14(16)17)10(2)11(3)18-19-15/h12H,4-9H2,1-3H3,(H3,16,17). The van der Waals surface area contributed by atoms with Crippen molar-refractivity contribution in [2.75, 3.05) is 24.6 Å². The number of amidine groups is 1. The van der Waals surface area contributed by atoms with E-state index in [0.29, 0.717) is 5.56 Å². The lowest BCUT2D eigenvalue weighted by Gasteiger charge is -2.34. The topological polar surface area (TPSA) is 88.1 Å². The molecule has 0 saturated carbocycles. The van der Waals surface area contributed by atoms with Crippen LogP contribution >= 0.6 is 0 Å². The van der Waals surface area contributed by atoms with Crippen molar-refractivity contribution in [1.82, 2.24) is 10.2 Å². The fourth-order valence-corrected chi connectivity index (χ4v) is 2.69. The van der Waals surface area contributed by atoms with Gasteiger partial charge in [-0.25, -0.2) is 0 Å². The number of hydrogen-bond acceptors (Lipinski definition) is 5. The van der Waals surface area contributed by atoms with Crippen LogP contribution in [0.5, 0.6) is 0 Å². The van der Waals surface area contributed by atoms with Crippen molar-refractivity contribution >= 4 is 11.7 Å². The third-order valence-corrected chi connectivity index (χ3v) is 3.94. The van der Waals surface area contributed by atoms with Crippen molar-refractivity contribution in [2.45, 2.75) is 46.1 Å². The van der Waals surface area contributed by atoms with Gasteiger partial charge in [0, 0.05) is 19.7 Å². The smallest absolute Gasteiger partial charge is 0.162 e. The maximum Gasteiger partial charge on any atom is 0.162 e. The van der Waals surface area contributed by atoms with E-state index in [-0.39, 0.29) is 11.9 Å². The quantitative estimate of drug-likeness (QED) is 0.637. The summed E-state index contributed by atoms with van der Waals surface area (Å²) in [6.45, 7) is 8.43. The van der Waals surface area contributed by atoms with Gasteiger partial charge in [0.15, 0.2) is 5.82 Å². The molecular formula is C15H25N5O. The Kier molecular flexibility index (Phi) is 5.12. The van der Waals surface area contributed by atoms with Gasteiger partial charge >= 0.3 is 0 Å². The molecule has 1 aliphatic heterocycles. The minimum atomic E-state index is 0.0529. The number of aryl methyl sites for hydroxylation is 1. The van der Waals surface area contributed by atoms with Gasteiger partial charge in [0.1, 0.15) is 5.84 Å². The zero-order valence-electron chi connectivity index (χ0n) is 13.1. The molecule has 1 saturated heterocycles. The summed E-state index contributed by atoms with van der Waals surface area (Å²) in [5.74, 6) is 0.771. The van der Waals surface area contributed by atoms with Crippen LogP contribution in [0.2, 0.25) is 0 Å². The van der Waals surface area contributed by atoms with Crippen LogP contribution in [0.1, 0.15) is 43.0 Å². The molecule has 116 valence electrons. The normalized spacial score (nSPS) is 18.8. The van der Waals surface area contributed by atoms with Gasteiger partial charge in [0.25, 0.3) is 0 Å². The second-order valence-electron chi connectivity index (χ2n) is 5.60. The summed E-state index contributed by atoms with van der Waals surface area (Å²) in [7, 11) is 0. The Morgan fingerprint density at radius 3 is 2.86 bits per heavy atom. The molecule has 1 aromatic rings. The first-order valence-electron chi connectivity index (χ1n) is 7.59. The molecule has 1 aromatic heterocycles. The molecule has 2 rings (SSSR count). The first-order valence-corrected chi connectivity index (χ1v) is 7.59. The third kappa shape index (κ3) is 3.50. The fraction of sp³-hybridized carbons (Fsp3) is 0.667. The first-order chi connectivity index (χ1) is 10.0. The predicted octanol–water partition coefficient (Wildman–Crippen LogP) is 1.77. The number of nitrogens with one attached hydrogen (secondary N) is 1. The van der Waals surface area contributed by atoms with Crippen LogP contribution in [0.3, 0.4) is 0 Å². The second kappa shape index (κ2) is 6.85. The van der Waals surface area contributed by atoms with E-state index in [1.54, 1.807) is 0 Å². The zero-order valence-corrected chi connectivity index (χ0v) is 13.1. The van der Waals surface area contributed by atoms with Gasteiger partial charge in [-0.1, -0.05) is 6.92 Å². The van der Waals surface area contributed by atoms with Crippen LogP contribution in [0.15, 0.2) is 0 Å². The predicted molar refractivity (Wildman–Crippen MR) is 84.0 cm³/mol. The minimum absolute atomic E-state index is 0.0529. The van der Waals surface area contributed by atoms with Gasteiger partial charge in [-0.3, -0.25) is 5.41 Å². The van der Waals surface area contributed by atoms with Gasteiger partial charge in [0.05, 0.1) is 17.4 Å². The summed E-state index contributed by atoms with van der Waals surface area (Å²) >= 11 is 0. The van der Waals surface area contributed by atoms with Gasteiger partial charge < -0.3 is 15.4 Å². The Morgan fingerprint density at radius 1 is 1.43 bits per heavy atom. The lowest BCUT2D eigenvalue weighted by molar-refractivity contribution is 0.0439. The molecule has 21 heavy (non-hydrogen) atoms. The summed E-state index contributed by atoms with van der Waals surface area (Å²) in [6.07, 6.45) is 3.38. The molecule has 2 heterocycles. The molecule has 0 aliphatic carbocycles. The highest BCUT2D eigenvalue weighted by molar-refractivity contribution is 6.01. The van der Waals surface area contributed by atoms with E-state index in [1.165, 1.54) is 0 Å². The summed E-state index contributed by atoms with van der Waals surface area (Å²) in [4.78, 5) is 2.15. The molecule has 0 bridgehead atoms. The zero-order chi connectivity index (χ0) is 15.4. The molecule has 3 N–H and O–H groups in total. The number of ether oxygens (including phenoxy) is 1. The fourth-order valence-electron chi connectivity index (χ4n) is 2.69. The Bertz CT molecular complexity index is 517. The second-order valence-corrected chi connectivity index (χ2v) is 5.60. The summed E-state index contributed by atoms with van der Waals surface area (Å²) in [5.41, 5.74) is 8.22. The number of nitrogens with zero attached hydrogens (tertiary/aromatic N) is 3. The van der Waals surface area contributed by atoms with Crippen molar-refractivity contribution < 1.29 is 4.74 Å². The Balaban J connectivity index is 2.25. The van der Waals surface area contributed by atoms with Crippen molar-refractivity contribution in [1.29, 1.82) is 5.41 Å². The molecular weight excluding hydrogens is 266 g/mol. The number of nitrogens with two attached hydrogens (primary N) is 1. The molecule has 6 nitrogen and oxygen atoms in total. The van der Waals surface area contributed by atoms with Gasteiger partial charge in [-0.2, -0.15) is 5.10 Å². The molecule has 0 spiro atoms. The highest BCUT2D eigenvalue weighted by Gasteiger charge is 2.25. The Hall–Kier alpha value is -1.69. The van der Waals surface area contributed by atoms with Crippen molar-refractivity contribution in [3.8, 4) is 0 Å².